The number of benzene rings is 2. The fourth-order valence-corrected chi connectivity index (χ4v) is 4.37. The van der Waals surface area contributed by atoms with E-state index in [1.807, 2.05) is 25.7 Å². The molecule has 0 bridgehead atoms. The molecule has 0 amide bonds. The Balaban J connectivity index is 1.54. The van der Waals surface area contributed by atoms with Crippen LogP contribution in [0, 0.1) is 11.6 Å². The van der Waals surface area contributed by atoms with E-state index < -0.39 is 40.4 Å². The smallest absolute Gasteiger partial charge is 0.416 e. The fourth-order valence-electron chi connectivity index (χ4n) is 4.37. The van der Waals surface area contributed by atoms with Crippen LogP contribution < -0.4 is 20.1 Å². The van der Waals surface area contributed by atoms with Crippen molar-refractivity contribution in [1.29, 1.82) is 0 Å². The summed E-state index contributed by atoms with van der Waals surface area (Å²) in [6, 6.07) is 7.15. The Hall–Kier alpha value is -3.89. The van der Waals surface area contributed by atoms with Crippen LogP contribution in [-0.2, 0) is 19.3 Å². The minimum absolute atomic E-state index is 0.0268. The maximum atomic E-state index is 14.6. The average molecular weight is 521 g/mol. The van der Waals surface area contributed by atoms with Crippen molar-refractivity contribution in [3.63, 3.8) is 0 Å². The van der Waals surface area contributed by atoms with Gasteiger partial charge in [0.25, 0.3) is 0 Å². The molecule has 0 spiro atoms. The molecule has 0 saturated heterocycles. The van der Waals surface area contributed by atoms with Crippen LogP contribution >= 0.6 is 0 Å². The maximum absolute atomic E-state index is 14.6. The van der Waals surface area contributed by atoms with E-state index in [9.17, 15) is 26.7 Å². The molecule has 0 aliphatic carbocycles. The van der Waals surface area contributed by atoms with Gasteiger partial charge >= 0.3 is 11.9 Å². The third kappa shape index (κ3) is 5.16. The third-order valence-electron chi connectivity index (χ3n) is 6.02. The minimum Gasteiger partial charge on any atom is -0.473 e. The first kappa shape index (κ1) is 26.2. The van der Waals surface area contributed by atoms with Crippen LogP contribution in [0.15, 0.2) is 59.9 Å². The molecule has 4 rings (SSSR count). The molecule has 6 nitrogen and oxygen atoms in total. The Labute approximate surface area is 209 Å². The number of halogens is 5. The van der Waals surface area contributed by atoms with Crippen molar-refractivity contribution < 1.29 is 31.4 Å². The van der Waals surface area contributed by atoms with Gasteiger partial charge in [-0.15, -0.1) is 6.58 Å². The number of rotatable bonds is 7. The lowest BCUT2D eigenvalue weighted by molar-refractivity contribution is -0.137. The van der Waals surface area contributed by atoms with Crippen molar-refractivity contribution in [3.8, 4) is 17.4 Å². The second-order valence-corrected chi connectivity index (χ2v) is 9.15. The molecule has 11 heteroatoms. The zero-order valence-corrected chi connectivity index (χ0v) is 20.3. The van der Waals surface area contributed by atoms with Gasteiger partial charge < -0.3 is 14.4 Å². The Bertz CT molecular complexity index is 1380. The van der Waals surface area contributed by atoms with Crippen molar-refractivity contribution in [2.24, 2.45) is 0 Å². The molecule has 0 fully saturated rings. The predicted molar refractivity (Wildman–Crippen MR) is 127 cm³/mol. The number of nitrogens with zero attached hydrogens (tertiary/aromatic N) is 3. The normalized spacial score (nSPS) is 17.2. The molecule has 1 atom stereocenters. The molecule has 2 aromatic carbocycles. The zero-order valence-electron chi connectivity index (χ0n) is 20.3. The van der Waals surface area contributed by atoms with Crippen LogP contribution in [0.25, 0.3) is 0 Å². The first-order chi connectivity index (χ1) is 17.3. The van der Waals surface area contributed by atoms with Gasteiger partial charge in [-0.25, -0.2) is 13.6 Å². The SMILES string of the molecule is C=CC1(C)Cn2c(cc(OCc3cc(F)c(Oc4cccc(C(F)(F)F)c4)c(F)c3)nc2=O)N1C(C)C. The van der Waals surface area contributed by atoms with Crippen molar-refractivity contribution in [2.45, 2.75) is 51.7 Å². The molecule has 0 saturated carbocycles. The van der Waals surface area contributed by atoms with Gasteiger partial charge in [0.1, 0.15) is 18.2 Å². The third-order valence-corrected chi connectivity index (χ3v) is 6.02. The molecule has 1 aliphatic heterocycles. The number of ether oxygens (including phenoxy) is 2. The summed E-state index contributed by atoms with van der Waals surface area (Å²) in [6.45, 7) is 9.80. The number of anilines is 1. The van der Waals surface area contributed by atoms with E-state index in [0.29, 0.717) is 18.4 Å². The molecule has 196 valence electrons. The quantitative estimate of drug-likeness (QED) is 0.279. The standard InChI is InChI=1S/C26H24F5N3O3/c1-5-25(4)14-33-22(34(25)15(2)3)12-21(32-24(33)35)36-13-16-9-19(27)23(20(28)10-16)37-18-8-6-7-17(11-18)26(29,30)31/h5-12,15H,1,13-14H2,2-4H3. The highest BCUT2D eigenvalue weighted by atomic mass is 19.4. The van der Waals surface area contributed by atoms with Crippen LogP contribution in [0.5, 0.6) is 17.4 Å². The highest BCUT2D eigenvalue weighted by Crippen LogP contribution is 2.37. The summed E-state index contributed by atoms with van der Waals surface area (Å²) in [4.78, 5) is 18.6. The summed E-state index contributed by atoms with van der Waals surface area (Å²) in [5.74, 6) is -2.94. The average Bonchev–Trinajstić information content (AvgIpc) is 3.13. The summed E-state index contributed by atoms with van der Waals surface area (Å²) in [5.41, 5.74) is -2.00. The van der Waals surface area contributed by atoms with Gasteiger partial charge in [0.15, 0.2) is 17.4 Å². The number of alkyl halides is 3. The lowest BCUT2D eigenvalue weighted by Gasteiger charge is -2.36. The van der Waals surface area contributed by atoms with Gasteiger partial charge in [-0.2, -0.15) is 18.2 Å². The molecule has 0 N–H and O–H groups in total. The molecular formula is C26H24F5N3O3. The van der Waals surface area contributed by atoms with Gasteiger partial charge in [-0.05, 0) is 56.7 Å². The van der Waals surface area contributed by atoms with Crippen molar-refractivity contribution in [3.05, 3.63) is 88.4 Å². The van der Waals surface area contributed by atoms with Crippen LogP contribution in [0.3, 0.4) is 0 Å². The van der Waals surface area contributed by atoms with E-state index in [1.165, 1.54) is 4.57 Å². The second-order valence-electron chi connectivity index (χ2n) is 9.15. The van der Waals surface area contributed by atoms with Crippen molar-refractivity contribution >= 4 is 5.82 Å². The highest BCUT2D eigenvalue weighted by molar-refractivity contribution is 5.52. The lowest BCUT2D eigenvalue weighted by Crippen LogP contribution is -2.46. The molecule has 1 unspecified atom stereocenters. The van der Waals surface area contributed by atoms with Crippen LogP contribution in [0.4, 0.5) is 27.8 Å². The van der Waals surface area contributed by atoms with Crippen molar-refractivity contribution in [2.75, 3.05) is 4.90 Å². The van der Waals surface area contributed by atoms with Crippen LogP contribution in [0.2, 0.25) is 0 Å². The maximum Gasteiger partial charge on any atom is 0.416 e. The molecule has 37 heavy (non-hydrogen) atoms. The molecular weight excluding hydrogens is 497 g/mol. The second kappa shape index (κ2) is 9.53. The molecule has 1 aromatic heterocycles. The Morgan fingerprint density at radius 3 is 2.43 bits per heavy atom. The molecule has 3 aromatic rings. The Morgan fingerprint density at radius 2 is 1.84 bits per heavy atom. The number of fused-ring (bicyclic) bond motifs is 1. The first-order valence-electron chi connectivity index (χ1n) is 11.3. The lowest BCUT2D eigenvalue weighted by atomic mass is 10.0. The number of aromatic nitrogens is 2. The summed E-state index contributed by atoms with van der Waals surface area (Å²) in [6.07, 6.45) is -2.88. The van der Waals surface area contributed by atoms with Crippen LogP contribution in [-0.4, -0.2) is 21.1 Å². The first-order valence-corrected chi connectivity index (χ1v) is 11.3. The highest BCUT2D eigenvalue weighted by Gasteiger charge is 2.40. The summed E-state index contributed by atoms with van der Waals surface area (Å²) >= 11 is 0. The topological polar surface area (TPSA) is 56.6 Å². The van der Waals surface area contributed by atoms with E-state index in [-0.39, 0.29) is 29.8 Å². The number of hydrogen-bond acceptors (Lipinski definition) is 5. The van der Waals surface area contributed by atoms with Gasteiger partial charge in [-0.1, -0.05) is 12.1 Å². The molecule has 2 heterocycles. The van der Waals surface area contributed by atoms with Crippen molar-refractivity contribution in [1.82, 2.24) is 9.55 Å². The van der Waals surface area contributed by atoms with E-state index in [0.717, 1.165) is 30.3 Å². The molecule has 0 radical (unpaired) electrons. The van der Waals surface area contributed by atoms with E-state index in [1.54, 1.807) is 12.1 Å². The fraction of sp³-hybridized carbons (Fsp3) is 0.308. The van der Waals surface area contributed by atoms with E-state index in [4.69, 9.17) is 9.47 Å². The van der Waals surface area contributed by atoms with Gasteiger partial charge in [0.2, 0.25) is 5.88 Å². The molecule has 1 aliphatic rings. The summed E-state index contributed by atoms with van der Waals surface area (Å²) in [7, 11) is 0. The summed E-state index contributed by atoms with van der Waals surface area (Å²) < 4.78 is 80.1. The minimum atomic E-state index is -4.64. The Morgan fingerprint density at radius 1 is 1.16 bits per heavy atom. The van der Waals surface area contributed by atoms with Crippen LogP contribution in [0.1, 0.15) is 31.9 Å². The summed E-state index contributed by atoms with van der Waals surface area (Å²) in [5, 5.41) is 0. The number of hydrogen-bond donors (Lipinski definition) is 0. The van der Waals surface area contributed by atoms with Gasteiger partial charge in [0, 0.05) is 12.1 Å². The predicted octanol–water partition coefficient (Wildman–Crippen LogP) is 6.08. The zero-order chi connectivity index (χ0) is 27.1. The van der Waals surface area contributed by atoms with E-state index >= 15 is 0 Å². The van der Waals surface area contributed by atoms with Gasteiger partial charge in [-0.3, -0.25) is 4.57 Å². The van der Waals surface area contributed by atoms with Gasteiger partial charge in [0.05, 0.1) is 17.6 Å². The van der Waals surface area contributed by atoms with E-state index in [2.05, 4.69) is 11.6 Å². The largest absolute Gasteiger partial charge is 0.473 e. The Kier molecular flexibility index (Phi) is 6.74. The monoisotopic (exact) mass is 521 g/mol.